The molecule has 0 radical (unpaired) electrons. The standard InChI is InChI=1S/C16H25N3O/c1-3-18-9-10-19(12-13(18)2)16(20)15-6-4-5-14(11-15)7-8-17/h4-6,11,13H,3,7-10,12,17H2,1-2H3. The Labute approximate surface area is 121 Å². The molecule has 4 heteroatoms. The van der Waals surface area contributed by atoms with Crippen LogP contribution in [0.5, 0.6) is 0 Å². The molecule has 1 aliphatic heterocycles. The van der Waals surface area contributed by atoms with Gasteiger partial charge in [0.2, 0.25) is 0 Å². The van der Waals surface area contributed by atoms with Crippen molar-refractivity contribution in [1.29, 1.82) is 0 Å². The zero-order valence-electron chi connectivity index (χ0n) is 12.5. The lowest BCUT2D eigenvalue weighted by Crippen LogP contribution is -2.53. The lowest BCUT2D eigenvalue weighted by Gasteiger charge is -2.39. The van der Waals surface area contributed by atoms with Gasteiger partial charge in [-0.3, -0.25) is 9.69 Å². The average Bonchev–Trinajstić information content (AvgIpc) is 2.47. The predicted octanol–water partition coefficient (Wildman–Crippen LogP) is 1.35. The van der Waals surface area contributed by atoms with Gasteiger partial charge < -0.3 is 10.6 Å². The molecule has 2 N–H and O–H groups in total. The minimum absolute atomic E-state index is 0.145. The molecule has 110 valence electrons. The molecule has 0 spiro atoms. The molecule has 1 fully saturated rings. The first-order valence-corrected chi connectivity index (χ1v) is 7.48. The second-order valence-corrected chi connectivity index (χ2v) is 5.47. The maximum Gasteiger partial charge on any atom is 0.253 e. The van der Waals surface area contributed by atoms with Crippen molar-refractivity contribution in [2.24, 2.45) is 5.73 Å². The Bertz CT molecular complexity index is 461. The quantitative estimate of drug-likeness (QED) is 0.902. The van der Waals surface area contributed by atoms with Crippen molar-refractivity contribution >= 4 is 5.91 Å². The summed E-state index contributed by atoms with van der Waals surface area (Å²) in [7, 11) is 0. The Morgan fingerprint density at radius 2 is 2.20 bits per heavy atom. The van der Waals surface area contributed by atoms with Crippen LogP contribution in [0.4, 0.5) is 0 Å². The van der Waals surface area contributed by atoms with Crippen LogP contribution in [0.2, 0.25) is 0 Å². The van der Waals surface area contributed by atoms with Gasteiger partial charge in [-0.05, 0) is 44.1 Å². The maximum atomic E-state index is 12.6. The number of nitrogens with two attached hydrogens (primary N) is 1. The number of carbonyl (C=O) groups excluding carboxylic acids is 1. The molecule has 20 heavy (non-hydrogen) atoms. The third kappa shape index (κ3) is 3.38. The maximum absolute atomic E-state index is 12.6. The van der Waals surface area contributed by atoms with E-state index in [1.807, 2.05) is 29.2 Å². The van der Waals surface area contributed by atoms with Crippen LogP contribution < -0.4 is 5.73 Å². The van der Waals surface area contributed by atoms with Crippen LogP contribution in [0.1, 0.15) is 29.8 Å². The molecule has 0 saturated carbocycles. The normalized spacial score (nSPS) is 20.1. The van der Waals surface area contributed by atoms with Gasteiger partial charge >= 0.3 is 0 Å². The first-order valence-electron chi connectivity index (χ1n) is 7.48. The van der Waals surface area contributed by atoms with Crippen molar-refractivity contribution in [1.82, 2.24) is 9.80 Å². The summed E-state index contributed by atoms with van der Waals surface area (Å²) in [6.07, 6.45) is 0.821. The highest BCUT2D eigenvalue weighted by molar-refractivity contribution is 5.94. The highest BCUT2D eigenvalue weighted by Crippen LogP contribution is 2.14. The summed E-state index contributed by atoms with van der Waals surface area (Å²) in [4.78, 5) is 17.0. The van der Waals surface area contributed by atoms with Gasteiger partial charge in [0.05, 0.1) is 0 Å². The Kier molecular flexibility index (Phi) is 5.15. The number of amides is 1. The second kappa shape index (κ2) is 6.86. The van der Waals surface area contributed by atoms with Crippen LogP contribution in [0.15, 0.2) is 24.3 Å². The smallest absolute Gasteiger partial charge is 0.253 e. The van der Waals surface area contributed by atoms with Crippen molar-refractivity contribution in [3.63, 3.8) is 0 Å². The second-order valence-electron chi connectivity index (χ2n) is 5.47. The fraction of sp³-hybridized carbons (Fsp3) is 0.562. The van der Waals surface area contributed by atoms with E-state index in [2.05, 4.69) is 18.7 Å². The Balaban J connectivity index is 2.06. The van der Waals surface area contributed by atoms with Crippen LogP contribution in [0.3, 0.4) is 0 Å². The van der Waals surface area contributed by atoms with Gasteiger partial charge in [-0.2, -0.15) is 0 Å². The number of nitrogens with zero attached hydrogens (tertiary/aromatic N) is 2. The summed E-state index contributed by atoms with van der Waals surface area (Å²) < 4.78 is 0. The zero-order chi connectivity index (χ0) is 14.5. The molecular formula is C16H25N3O. The van der Waals surface area contributed by atoms with Crippen molar-refractivity contribution in [3.05, 3.63) is 35.4 Å². The lowest BCUT2D eigenvalue weighted by molar-refractivity contribution is 0.0528. The molecule has 0 bridgehead atoms. The molecule has 1 saturated heterocycles. The molecule has 1 unspecified atom stereocenters. The molecule has 0 aliphatic carbocycles. The summed E-state index contributed by atoms with van der Waals surface area (Å²) in [6, 6.07) is 8.29. The molecule has 1 aromatic carbocycles. The van der Waals surface area contributed by atoms with Gasteiger partial charge in [0.1, 0.15) is 0 Å². The van der Waals surface area contributed by atoms with Gasteiger partial charge in [0, 0.05) is 31.2 Å². The number of hydrogen-bond donors (Lipinski definition) is 1. The SMILES string of the molecule is CCN1CCN(C(=O)c2cccc(CCN)c2)CC1C. The van der Waals surface area contributed by atoms with E-state index < -0.39 is 0 Å². The number of hydrogen-bond acceptors (Lipinski definition) is 3. The molecule has 0 aromatic heterocycles. The van der Waals surface area contributed by atoms with Crippen molar-refractivity contribution in [2.45, 2.75) is 26.3 Å². The largest absolute Gasteiger partial charge is 0.336 e. The number of benzene rings is 1. The molecule has 2 rings (SSSR count). The van der Waals surface area contributed by atoms with Crippen molar-refractivity contribution < 1.29 is 4.79 Å². The van der Waals surface area contributed by atoms with Crippen LogP contribution in [0, 0.1) is 0 Å². The fourth-order valence-corrected chi connectivity index (χ4v) is 2.86. The van der Waals surface area contributed by atoms with Gasteiger partial charge in [0.15, 0.2) is 0 Å². The monoisotopic (exact) mass is 275 g/mol. The minimum Gasteiger partial charge on any atom is -0.336 e. The first-order chi connectivity index (χ1) is 9.65. The summed E-state index contributed by atoms with van der Waals surface area (Å²) in [6.45, 7) is 8.62. The Morgan fingerprint density at radius 3 is 2.85 bits per heavy atom. The fourth-order valence-electron chi connectivity index (χ4n) is 2.86. The molecule has 1 aromatic rings. The topological polar surface area (TPSA) is 49.6 Å². The molecule has 1 heterocycles. The van der Waals surface area contributed by atoms with E-state index in [0.29, 0.717) is 12.6 Å². The van der Waals surface area contributed by atoms with E-state index in [1.165, 1.54) is 0 Å². The van der Waals surface area contributed by atoms with Gasteiger partial charge in [0.25, 0.3) is 5.91 Å². The van der Waals surface area contributed by atoms with E-state index in [-0.39, 0.29) is 5.91 Å². The molecule has 1 atom stereocenters. The predicted molar refractivity (Wildman–Crippen MR) is 81.8 cm³/mol. The molecule has 1 amide bonds. The molecular weight excluding hydrogens is 250 g/mol. The van der Waals surface area contributed by atoms with E-state index in [0.717, 1.165) is 43.7 Å². The van der Waals surface area contributed by atoms with Crippen LogP contribution in [0.25, 0.3) is 0 Å². The highest BCUT2D eigenvalue weighted by atomic mass is 16.2. The summed E-state index contributed by atoms with van der Waals surface area (Å²) in [5.74, 6) is 0.145. The number of rotatable bonds is 4. The van der Waals surface area contributed by atoms with E-state index >= 15 is 0 Å². The molecule has 1 aliphatic rings. The first kappa shape index (κ1) is 15.0. The van der Waals surface area contributed by atoms with Crippen LogP contribution in [-0.2, 0) is 6.42 Å². The Hall–Kier alpha value is -1.39. The van der Waals surface area contributed by atoms with E-state index in [4.69, 9.17) is 5.73 Å². The van der Waals surface area contributed by atoms with Crippen LogP contribution in [-0.4, -0.2) is 54.5 Å². The minimum atomic E-state index is 0.145. The number of piperazine rings is 1. The number of likely N-dealkylation sites (N-methyl/N-ethyl adjacent to an activating group) is 1. The zero-order valence-corrected chi connectivity index (χ0v) is 12.5. The Morgan fingerprint density at radius 1 is 1.40 bits per heavy atom. The van der Waals surface area contributed by atoms with Crippen molar-refractivity contribution in [3.8, 4) is 0 Å². The highest BCUT2D eigenvalue weighted by Gasteiger charge is 2.26. The molecule has 4 nitrogen and oxygen atoms in total. The van der Waals surface area contributed by atoms with Gasteiger partial charge in [-0.15, -0.1) is 0 Å². The number of carbonyl (C=O) groups is 1. The third-order valence-electron chi connectivity index (χ3n) is 4.07. The van der Waals surface area contributed by atoms with E-state index in [1.54, 1.807) is 0 Å². The average molecular weight is 275 g/mol. The van der Waals surface area contributed by atoms with Crippen molar-refractivity contribution in [2.75, 3.05) is 32.7 Å². The summed E-state index contributed by atoms with van der Waals surface area (Å²) in [5.41, 5.74) is 7.50. The summed E-state index contributed by atoms with van der Waals surface area (Å²) >= 11 is 0. The summed E-state index contributed by atoms with van der Waals surface area (Å²) in [5, 5.41) is 0. The third-order valence-corrected chi connectivity index (χ3v) is 4.07. The van der Waals surface area contributed by atoms with Gasteiger partial charge in [-0.25, -0.2) is 0 Å². The van der Waals surface area contributed by atoms with E-state index in [9.17, 15) is 4.79 Å². The van der Waals surface area contributed by atoms with Gasteiger partial charge in [-0.1, -0.05) is 19.1 Å². The van der Waals surface area contributed by atoms with Crippen LogP contribution >= 0.6 is 0 Å². The lowest BCUT2D eigenvalue weighted by atomic mass is 10.1.